The molecular weight excluding hydrogens is 462 g/mol. The summed E-state index contributed by atoms with van der Waals surface area (Å²) in [7, 11) is 0. The number of aliphatic carboxylic acids is 1. The number of carbonyl (C=O) groups is 2. The molecule has 0 radical (unpaired) electrons. The van der Waals surface area contributed by atoms with E-state index in [2.05, 4.69) is 5.32 Å². The normalized spacial score (nSPS) is 12.8. The zero-order valence-electron chi connectivity index (χ0n) is 21.4. The van der Waals surface area contributed by atoms with Gasteiger partial charge >= 0.3 is 12.0 Å². The van der Waals surface area contributed by atoms with Crippen molar-refractivity contribution in [1.29, 1.82) is 0 Å². The predicted molar refractivity (Wildman–Crippen MR) is 129 cm³/mol. The highest BCUT2D eigenvalue weighted by Gasteiger charge is 2.26. The summed E-state index contributed by atoms with van der Waals surface area (Å²) in [6.45, 7) is 9.74. The fourth-order valence-electron chi connectivity index (χ4n) is 2.89. The van der Waals surface area contributed by atoms with Gasteiger partial charge in [-0.05, 0) is 30.0 Å². The Hall–Kier alpha value is -2.46. The van der Waals surface area contributed by atoms with Gasteiger partial charge in [0, 0.05) is 32.5 Å². The summed E-state index contributed by atoms with van der Waals surface area (Å²) in [6, 6.07) is 6.65. The van der Waals surface area contributed by atoms with Crippen LogP contribution >= 0.6 is 0 Å². The van der Waals surface area contributed by atoms with Crippen LogP contribution in [0.3, 0.4) is 0 Å². The van der Waals surface area contributed by atoms with E-state index in [9.17, 15) is 23.5 Å². The Labute approximate surface area is 206 Å². The number of carboxylic acid groups (broad SMARTS) is 1. The molecule has 0 aliphatic rings. The average Bonchev–Trinajstić information content (AvgIpc) is 2.79. The lowest BCUT2D eigenvalue weighted by Gasteiger charge is -2.26. The van der Waals surface area contributed by atoms with Gasteiger partial charge in [0.15, 0.2) is 6.10 Å². The smallest absolute Gasteiger partial charge is 0.333 e. The van der Waals surface area contributed by atoms with Gasteiger partial charge in [-0.25, -0.2) is 18.4 Å². The molecule has 2 amide bonds. The Balaban J connectivity index is 2.62. The summed E-state index contributed by atoms with van der Waals surface area (Å²) in [6.07, 6.45) is -0.980. The molecule has 1 unspecified atom stereocenters. The van der Waals surface area contributed by atoms with Crippen LogP contribution in [0.5, 0.6) is 5.75 Å². The molecule has 35 heavy (non-hydrogen) atoms. The monoisotopic (exact) mass is 502 g/mol. The standard InChI is InChI=1S/C25H40F2N2O6/c1-6-25(26,27)18-33-14-12-29(23(32)28-17-24(3,4)5)13-15-35-20-10-8-19(9-11-20)16-21(22(30)31)34-7-2/h8-11,21H,6-7,12-18H2,1-5H3,(H,28,32)(H,30,31). The SMILES string of the molecule is CCOC(Cc1ccc(OCCN(CCOCC(F)(F)CC)C(=O)NCC(C)(C)C)cc1)C(=O)O. The Kier molecular flexibility index (Phi) is 13.0. The van der Waals surface area contributed by atoms with Crippen LogP contribution in [-0.2, 0) is 20.7 Å². The third-order valence-corrected chi connectivity index (χ3v) is 5.01. The van der Waals surface area contributed by atoms with Gasteiger partial charge in [0.05, 0.1) is 13.2 Å². The minimum absolute atomic E-state index is 0.0161. The number of ether oxygens (including phenoxy) is 3. The van der Waals surface area contributed by atoms with Gasteiger partial charge in [-0.1, -0.05) is 39.8 Å². The molecule has 0 spiro atoms. The van der Waals surface area contributed by atoms with E-state index in [-0.39, 0.29) is 50.6 Å². The molecule has 1 rings (SSSR count). The van der Waals surface area contributed by atoms with Crippen molar-refractivity contribution in [3.63, 3.8) is 0 Å². The molecule has 1 aromatic rings. The van der Waals surface area contributed by atoms with Crippen molar-refractivity contribution in [2.45, 2.75) is 59.5 Å². The summed E-state index contributed by atoms with van der Waals surface area (Å²) in [5.74, 6) is -3.34. The van der Waals surface area contributed by atoms with Gasteiger partial charge in [0.25, 0.3) is 5.92 Å². The predicted octanol–water partition coefficient (Wildman–Crippen LogP) is 4.22. The summed E-state index contributed by atoms with van der Waals surface area (Å²) < 4.78 is 42.8. The first-order chi connectivity index (χ1) is 16.4. The molecule has 1 aromatic carbocycles. The molecule has 200 valence electrons. The van der Waals surface area contributed by atoms with E-state index < -0.39 is 24.6 Å². The van der Waals surface area contributed by atoms with Crippen molar-refractivity contribution >= 4 is 12.0 Å². The van der Waals surface area contributed by atoms with E-state index in [0.717, 1.165) is 5.56 Å². The van der Waals surface area contributed by atoms with E-state index in [1.54, 1.807) is 31.2 Å². The van der Waals surface area contributed by atoms with Crippen molar-refractivity contribution in [2.24, 2.45) is 5.41 Å². The van der Waals surface area contributed by atoms with Crippen LogP contribution in [0.4, 0.5) is 13.6 Å². The van der Waals surface area contributed by atoms with Crippen molar-refractivity contribution in [3.05, 3.63) is 29.8 Å². The number of urea groups is 1. The largest absolute Gasteiger partial charge is 0.492 e. The Morgan fingerprint density at radius 1 is 1.09 bits per heavy atom. The Morgan fingerprint density at radius 3 is 2.26 bits per heavy atom. The van der Waals surface area contributed by atoms with E-state index >= 15 is 0 Å². The van der Waals surface area contributed by atoms with Crippen LogP contribution in [0.15, 0.2) is 24.3 Å². The number of alkyl halides is 2. The highest BCUT2D eigenvalue weighted by atomic mass is 19.3. The summed E-state index contributed by atoms with van der Waals surface area (Å²) in [5, 5.41) is 12.1. The average molecular weight is 503 g/mol. The van der Waals surface area contributed by atoms with Crippen molar-refractivity contribution in [2.75, 3.05) is 46.1 Å². The first-order valence-electron chi connectivity index (χ1n) is 11.9. The first kappa shape index (κ1) is 30.6. The third-order valence-electron chi connectivity index (χ3n) is 5.01. The van der Waals surface area contributed by atoms with Crippen LogP contribution in [0.2, 0.25) is 0 Å². The number of carbonyl (C=O) groups excluding carboxylic acids is 1. The van der Waals surface area contributed by atoms with Gasteiger partial charge in [-0.3, -0.25) is 0 Å². The minimum atomic E-state index is -2.89. The third kappa shape index (κ3) is 13.3. The second-order valence-electron chi connectivity index (χ2n) is 9.45. The van der Waals surface area contributed by atoms with Gasteiger partial charge in [0.2, 0.25) is 0 Å². The molecule has 10 heteroatoms. The molecule has 0 bridgehead atoms. The van der Waals surface area contributed by atoms with Crippen LogP contribution in [-0.4, -0.2) is 80.1 Å². The highest BCUT2D eigenvalue weighted by molar-refractivity contribution is 5.74. The molecule has 1 atom stereocenters. The molecule has 2 N–H and O–H groups in total. The maximum absolute atomic E-state index is 13.4. The second-order valence-corrected chi connectivity index (χ2v) is 9.45. The number of carboxylic acids is 1. The quantitative estimate of drug-likeness (QED) is 0.329. The molecule has 0 saturated heterocycles. The highest BCUT2D eigenvalue weighted by Crippen LogP contribution is 2.18. The molecule has 0 aliphatic heterocycles. The lowest BCUT2D eigenvalue weighted by atomic mass is 9.97. The Bertz CT molecular complexity index is 768. The minimum Gasteiger partial charge on any atom is -0.492 e. The number of amides is 2. The second kappa shape index (κ2) is 14.8. The molecule has 0 fully saturated rings. The fourth-order valence-corrected chi connectivity index (χ4v) is 2.89. The summed E-state index contributed by atoms with van der Waals surface area (Å²) in [5.41, 5.74) is 0.684. The number of hydrogen-bond donors (Lipinski definition) is 2. The lowest BCUT2D eigenvalue weighted by molar-refractivity contribution is -0.149. The van der Waals surface area contributed by atoms with Crippen molar-refractivity contribution in [3.8, 4) is 5.75 Å². The maximum Gasteiger partial charge on any atom is 0.333 e. The van der Waals surface area contributed by atoms with Crippen LogP contribution in [0, 0.1) is 5.41 Å². The topological polar surface area (TPSA) is 97.3 Å². The molecule has 8 nitrogen and oxygen atoms in total. The van der Waals surface area contributed by atoms with E-state index in [1.165, 1.54) is 11.8 Å². The number of rotatable bonds is 16. The fraction of sp³-hybridized carbons (Fsp3) is 0.680. The van der Waals surface area contributed by atoms with E-state index in [0.29, 0.717) is 18.9 Å². The van der Waals surface area contributed by atoms with Crippen LogP contribution in [0.1, 0.15) is 46.6 Å². The van der Waals surface area contributed by atoms with Crippen molar-refractivity contribution in [1.82, 2.24) is 10.2 Å². The Morgan fingerprint density at radius 2 is 1.71 bits per heavy atom. The molecule has 0 heterocycles. The first-order valence-corrected chi connectivity index (χ1v) is 11.9. The van der Waals surface area contributed by atoms with Crippen LogP contribution in [0.25, 0.3) is 0 Å². The zero-order chi connectivity index (χ0) is 26.5. The number of hydrogen-bond acceptors (Lipinski definition) is 5. The lowest BCUT2D eigenvalue weighted by Crippen LogP contribution is -2.46. The molecule has 0 saturated carbocycles. The van der Waals surface area contributed by atoms with Crippen molar-refractivity contribution < 1.29 is 37.7 Å². The number of benzene rings is 1. The zero-order valence-corrected chi connectivity index (χ0v) is 21.4. The van der Waals surface area contributed by atoms with Gasteiger partial charge < -0.3 is 29.5 Å². The molecule has 0 aliphatic carbocycles. The van der Waals surface area contributed by atoms with Crippen LogP contribution < -0.4 is 10.1 Å². The summed E-state index contributed by atoms with van der Waals surface area (Å²) >= 11 is 0. The van der Waals surface area contributed by atoms with E-state index in [1.807, 2.05) is 20.8 Å². The number of halogens is 2. The number of nitrogens with zero attached hydrogens (tertiary/aromatic N) is 1. The van der Waals surface area contributed by atoms with Gasteiger partial charge in [-0.2, -0.15) is 0 Å². The molecule has 0 aromatic heterocycles. The summed E-state index contributed by atoms with van der Waals surface area (Å²) in [4.78, 5) is 25.4. The van der Waals surface area contributed by atoms with E-state index in [4.69, 9.17) is 14.2 Å². The van der Waals surface area contributed by atoms with Gasteiger partial charge in [-0.15, -0.1) is 0 Å². The van der Waals surface area contributed by atoms with Gasteiger partial charge in [0.1, 0.15) is 19.0 Å². The molecular formula is C25H40F2N2O6. The number of nitrogens with one attached hydrogen (secondary N) is 1. The maximum atomic E-state index is 13.4.